The minimum atomic E-state index is -4.34. The van der Waals surface area contributed by atoms with Crippen LogP contribution in [0.3, 0.4) is 0 Å². The van der Waals surface area contributed by atoms with Gasteiger partial charge in [0.05, 0.1) is 16.3 Å². The second kappa shape index (κ2) is 3.46. The summed E-state index contributed by atoms with van der Waals surface area (Å²) in [6.45, 7) is 0. The fourth-order valence-electron chi connectivity index (χ4n) is 0.894. The van der Waals surface area contributed by atoms with Crippen LogP contribution < -0.4 is 5.32 Å². The van der Waals surface area contributed by atoms with Gasteiger partial charge >= 0.3 is 6.18 Å². The zero-order valence-electron chi connectivity index (χ0n) is 6.74. The summed E-state index contributed by atoms with van der Waals surface area (Å²) >= 11 is 5.57. The maximum Gasteiger partial charge on any atom is 0.416 e. The van der Waals surface area contributed by atoms with Gasteiger partial charge in [-0.3, -0.25) is 0 Å². The van der Waals surface area contributed by atoms with E-state index in [0.717, 1.165) is 12.1 Å². The first-order valence-corrected chi connectivity index (χ1v) is 3.87. The van der Waals surface area contributed by atoms with Crippen LogP contribution in [0.1, 0.15) is 5.56 Å². The van der Waals surface area contributed by atoms with Crippen molar-refractivity contribution >= 4 is 17.3 Å². The van der Waals surface area contributed by atoms with Crippen LogP contribution in [0.5, 0.6) is 0 Å². The van der Waals surface area contributed by atoms with E-state index in [1.54, 1.807) is 7.05 Å². The minimum absolute atomic E-state index is 0.0670. The van der Waals surface area contributed by atoms with Crippen LogP contribution >= 0.6 is 11.6 Å². The third kappa shape index (κ3) is 2.28. The molecule has 0 aromatic heterocycles. The van der Waals surface area contributed by atoms with Gasteiger partial charge in [0.2, 0.25) is 0 Å². The monoisotopic (exact) mass is 209 g/mol. The second-order valence-corrected chi connectivity index (χ2v) is 2.85. The fraction of sp³-hybridized carbons (Fsp3) is 0.250. The SMILES string of the molecule is CNc1ccc(C(F)(F)F)cc1Cl. The number of benzene rings is 1. The lowest BCUT2D eigenvalue weighted by molar-refractivity contribution is -0.137. The summed E-state index contributed by atoms with van der Waals surface area (Å²) < 4.78 is 36.4. The molecular weight excluding hydrogens is 203 g/mol. The Morgan fingerprint density at radius 2 is 1.92 bits per heavy atom. The van der Waals surface area contributed by atoms with Crippen LogP contribution in [0, 0.1) is 0 Å². The lowest BCUT2D eigenvalue weighted by Crippen LogP contribution is -2.04. The van der Waals surface area contributed by atoms with Crippen LogP contribution in [0.2, 0.25) is 5.02 Å². The maximum atomic E-state index is 12.1. The average Bonchev–Trinajstić information content (AvgIpc) is 2.02. The number of hydrogen-bond donors (Lipinski definition) is 1. The van der Waals surface area contributed by atoms with Gasteiger partial charge in [-0.2, -0.15) is 13.2 Å². The van der Waals surface area contributed by atoms with E-state index in [2.05, 4.69) is 5.32 Å². The maximum absolute atomic E-state index is 12.1. The molecule has 0 fully saturated rings. The van der Waals surface area contributed by atoms with Gasteiger partial charge in [0, 0.05) is 7.05 Å². The Kier molecular flexibility index (Phi) is 2.71. The molecule has 0 aliphatic rings. The van der Waals surface area contributed by atoms with Crippen molar-refractivity contribution < 1.29 is 13.2 Å². The predicted molar refractivity (Wildman–Crippen MR) is 46.0 cm³/mol. The molecule has 0 radical (unpaired) electrons. The van der Waals surface area contributed by atoms with Crippen LogP contribution in [0.25, 0.3) is 0 Å². The topological polar surface area (TPSA) is 12.0 Å². The highest BCUT2D eigenvalue weighted by Crippen LogP contribution is 2.33. The molecule has 0 unspecified atom stereocenters. The molecule has 1 rings (SSSR count). The van der Waals surface area contributed by atoms with Gasteiger partial charge in [0.15, 0.2) is 0 Å². The fourth-order valence-corrected chi connectivity index (χ4v) is 1.17. The normalized spacial score (nSPS) is 11.5. The number of halogens is 4. The van der Waals surface area contributed by atoms with E-state index in [-0.39, 0.29) is 5.02 Å². The highest BCUT2D eigenvalue weighted by molar-refractivity contribution is 6.33. The Hall–Kier alpha value is -0.900. The largest absolute Gasteiger partial charge is 0.416 e. The first-order valence-electron chi connectivity index (χ1n) is 3.49. The zero-order valence-corrected chi connectivity index (χ0v) is 7.50. The molecule has 1 aromatic carbocycles. The molecule has 0 heterocycles. The van der Waals surface area contributed by atoms with Crippen molar-refractivity contribution in [2.24, 2.45) is 0 Å². The van der Waals surface area contributed by atoms with E-state index < -0.39 is 11.7 Å². The van der Waals surface area contributed by atoms with E-state index in [4.69, 9.17) is 11.6 Å². The van der Waals surface area contributed by atoms with Crippen molar-refractivity contribution in [3.63, 3.8) is 0 Å². The summed E-state index contributed by atoms with van der Waals surface area (Å²) in [6.07, 6.45) is -4.34. The van der Waals surface area contributed by atoms with Gasteiger partial charge in [-0.1, -0.05) is 11.6 Å². The van der Waals surface area contributed by atoms with Crippen molar-refractivity contribution in [3.05, 3.63) is 28.8 Å². The molecule has 0 saturated carbocycles. The second-order valence-electron chi connectivity index (χ2n) is 2.44. The molecule has 0 atom stereocenters. The van der Waals surface area contributed by atoms with Gasteiger partial charge in [-0.25, -0.2) is 0 Å². The molecule has 0 saturated heterocycles. The Morgan fingerprint density at radius 3 is 2.31 bits per heavy atom. The summed E-state index contributed by atoms with van der Waals surface area (Å²) in [4.78, 5) is 0. The summed E-state index contributed by atoms with van der Waals surface area (Å²) in [6, 6.07) is 3.18. The van der Waals surface area contributed by atoms with Crippen LogP contribution in [-0.4, -0.2) is 7.05 Å². The Bertz CT molecular complexity index is 309. The molecule has 5 heteroatoms. The van der Waals surface area contributed by atoms with Gasteiger partial charge < -0.3 is 5.32 Å². The Morgan fingerprint density at radius 1 is 1.31 bits per heavy atom. The first-order chi connectivity index (χ1) is 5.95. The predicted octanol–water partition coefficient (Wildman–Crippen LogP) is 3.40. The van der Waals surface area contributed by atoms with Crippen LogP contribution in [0.4, 0.5) is 18.9 Å². The molecule has 0 bridgehead atoms. The Balaban J connectivity index is 3.10. The standard InChI is InChI=1S/C8H7ClF3N/c1-13-7-3-2-5(4-6(7)9)8(10,11)12/h2-4,13H,1H3. The van der Waals surface area contributed by atoms with Crippen molar-refractivity contribution in [1.29, 1.82) is 0 Å². The molecule has 1 aromatic rings. The number of rotatable bonds is 1. The first kappa shape index (κ1) is 10.2. The van der Waals surface area contributed by atoms with Crippen LogP contribution in [0.15, 0.2) is 18.2 Å². The van der Waals surface area contributed by atoms with Gasteiger partial charge in [-0.15, -0.1) is 0 Å². The van der Waals surface area contributed by atoms with Gasteiger partial charge in [0.1, 0.15) is 0 Å². The molecule has 0 spiro atoms. The summed E-state index contributed by atoms with van der Waals surface area (Å²) in [5, 5.41) is 2.74. The minimum Gasteiger partial charge on any atom is -0.387 e. The summed E-state index contributed by atoms with van der Waals surface area (Å²) in [5.41, 5.74) is -0.258. The molecular formula is C8H7ClF3N. The molecule has 72 valence electrons. The number of anilines is 1. The highest BCUT2D eigenvalue weighted by atomic mass is 35.5. The third-order valence-corrected chi connectivity index (χ3v) is 1.88. The smallest absolute Gasteiger partial charge is 0.387 e. The number of hydrogen-bond acceptors (Lipinski definition) is 1. The molecule has 0 aliphatic heterocycles. The van der Waals surface area contributed by atoms with E-state index in [0.29, 0.717) is 5.69 Å². The van der Waals surface area contributed by atoms with Crippen molar-refractivity contribution in [1.82, 2.24) is 0 Å². The van der Waals surface area contributed by atoms with Gasteiger partial charge in [0.25, 0.3) is 0 Å². The summed E-state index contributed by atoms with van der Waals surface area (Å²) in [7, 11) is 1.59. The molecule has 1 N–H and O–H groups in total. The van der Waals surface area contributed by atoms with E-state index in [1.807, 2.05) is 0 Å². The summed E-state index contributed by atoms with van der Waals surface area (Å²) in [5.74, 6) is 0. The third-order valence-electron chi connectivity index (χ3n) is 1.57. The van der Waals surface area contributed by atoms with Crippen LogP contribution in [-0.2, 0) is 6.18 Å². The van der Waals surface area contributed by atoms with Crippen molar-refractivity contribution in [2.75, 3.05) is 12.4 Å². The highest BCUT2D eigenvalue weighted by Gasteiger charge is 2.30. The van der Waals surface area contributed by atoms with Gasteiger partial charge in [-0.05, 0) is 18.2 Å². The lowest BCUT2D eigenvalue weighted by Gasteiger charge is -2.09. The number of nitrogens with one attached hydrogen (secondary N) is 1. The zero-order chi connectivity index (χ0) is 10.1. The molecule has 0 aliphatic carbocycles. The van der Waals surface area contributed by atoms with Crippen molar-refractivity contribution in [2.45, 2.75) is 6.18 Å². The quantitative estimate of drug-likeness (QED) is 0.748. The molecule has 1 nitrogen and oxygen atoms in total. The average molecular weight is 210 g/mol. The van der Waals surface area contributed by atoms with E-state index in [1.165, 1.54) is 6.07 Å². The van der Waals surface area contributed by atoms with Crippen molar-refractivity contribution in [3.8, 4) is 0 Å². The molecule has 13 heavy (non-hydrogen) atoms. The lowest BCUT2D eigenvalue weighted by atomic mass is 10.2. The van der Waals surface area contributed by atoms with E-state index >= 15 is 0 Å². The molecule has 0 amide bonds. The number of alkyl halides is 3. The van der Waals surface area contributed by atoms with E-state index in [9.17, 15) is 13.2 Å². The Labute approximate surface area is 78.5 Å².